The van der Waals surface area contributed by atoms with E-state index in [4.69, 9.17) is 0 Å². The van der Waals surface area contributed by atoms with Crippen LogP contribution in [0.15, 0.2) is 0 Å². The molecule has 6 heteroatoms. The maximum absolute atomic E-state index is 12.1. The van der Waals surface area contributed by atoms with Crippen molar-refractivity contribution < 1.29 is 13.5 Å². The first-order valence-corrected chi connectivity index (χ1v) is 8.77. The van der Waals surface area contributed by atoms with Crippen molar-refractivity contribution in [2.45, 2.75) is 52.6 Å². The largest absolute Gasteiger partial charge is 0.391 e. The average molecular weight is 292 g/mol. The van der Waals surface area contributed by atoms with Crippen LogP contribution in [0.5, 0.6) is 0 Å². The molecule has 114 valence electrons. The lowest BCUT2D eigenvalue weighted by molar-refractivity contribution is 0.106. The van der Waals surface area contributed by atoms with Crippen LogP contribution in [-0.4, -0.2) is 43.6 Å². The van der Waals surface area contributed by atoms with Gasteiger partial charge in [-0.15, -0.1) is 0 Å². The highest BCUT2D eigenvalue weighted by atomic mass is 32.2. The lowest BCUT2D eigenvalue weighted by Gasteiger charge is -2.30. The van der Waals surface area contributed by atoms with Gasteiger partial charge >= 0.3 is 0 Å². The Morgan fingerprint density at radius 1 is 1.26 bits per heavy atom. The highest BCUT2D eigenvalue weighted by Gasteiger charge is 2.27. The molecular formula is C13H28N2O3S. The Hall–Kier alpha value is -0.170. The highest BCUT2D eigenvalue weighted by molar-refractivity contribution is 7.87. The molecule has 1 saturated heterocycles. The maximum atomic E-state index is 12.1. The first-order chi connectivity index (χ1) is 8.90. The molecule has 0 aromatic carbocycles. The summed E-state index contributed by atoms with van der Waals surface area (Å²) in [5, 5.41) is 9.97. The molecule has 1 heterocycles. The predicted octanol–water partition coefficient (Wildman–Crippen LogP) is 1.35. The van der Waals surface area contributed by atoms with Crippen molar-refractivity contribution in [3.63, 3.8) is 0 Å². The summed E-state index contributed by atoms with van der Waals surface area (Å²) in [6, 6.07) is 0. The SMILES string of the molecule is CCC(CC)C(O)CNS(=O)(=O)N1CCC(C)CC1. The summed E-state index contributed by atoms with van der Waals surface area (Å²) in [6.45, 7) is 7.44. The molecule has 0 radical (unpaired) electrons. The molecule has 1 aliphatic rings. The third kappa shape index (κ3) is 5.02. The summed E-state index contributed by atoms with van der Waals surface area (Å²) in [4.78, 5) is 0. The Morgan fingerprint density at radius 3 is 2.26 bits per heavy atom. The second-order valence-corrected chi connectivity index (χ2v) is 7.33. The van der Waals surface area contributed by atoms with Gasteiger partial charge in [-0.05, 0) is 24.7 Å². The second kappa shape index (κ2) is 7.57. The summed E-state index contributed by atoms with van der Waals surface area (Å²) in [5.74, 6) is 0.755. The number of aliphatic hydroxyl groups excluding tert-OH is 1. The number of hydrogen-bond donors (Lipinski definition) is 2. The minimum atomic E-state index is -3.43. The van der Waals surface area contributed by atoms with Gasteiger partial charge in [0.25, 0.3) is 10.2 Å². The molecule has 5 nitrogen and oxygen atoms in total. The fraction of sp³-hybridized carbons (Fsp3) is 1.00. The Bertz CT molecular complexity index is 347. The number of rotatable bonds is 7. The third-order valence-corrected chi connectivity index (χ3v) is 5.73. The number of nitrogens with one attached hydrogen (secondary N) is 1. The van der Waals surface area contributed by atoms with E-state index in [1.54, 1.807) is 0 Å². The van der Waals surface area contributed by atoms with Crippen LogP contribution in [0.25, 0.3) is 0 Å². The first kappa shape index (κ1) is 16.9. The Kier molecular flexibility index (Phi) is 6.73. The van der Waals surface area contributed by atoms with E-state index in [9.17, 15) is 13.5 Å². The zero-order valence-corrected chi connectivity index (χ0v) is 13.1. The van der Waals surface area contributed by atoms with Crippen LogP contribution < -0.4 is 4.72 Å². The van der Waals surface area contributed by atoms with Crippen LogP contribution in [-0.2, 0) is 10.2 Å². The van der Waals surface area contributed by atoms with Crippen molar-refractivity contribution >= 4 is 10.2 Å². The van der Waals surface area contributed by atoms with E-state index in [-0.39, 0.29) is 12.5 Å². The molecule has 19 heavy (non-hydrogen) atoms. The van der Waals surface area contributed by atoms with E-state index in [2.05, 4.69) is 11.6 Å². The molecular weight excluding hydrogens is 264 g/mol. The normalized spacial score (nSPS) is 20.9. The lowest BCUT2D eigenvalue weighted by atomic mass is 9.97. The van der Waals surface area contributed by atoms with Crippen LogP contribution in [0.2, 0.25) is 0 Å². The minimum absolute atomic E-state index is 0.112. The number of aliphatic hydroxyl groups is 1. The van der Waals surface area contributed by atoms with Gasteiger partial charge in [-0.3, -0.25) is 0 Å². The molecule has 0 aliphatic carbocycles. The standard InChI is InChI=1S/C13H28N2O3S/c1-4-12(5-2)13(16)10-14-19(17,18)15-8-6-11(3)7-9-15/h11-14,16H,4-10H2,1-3H3. The number of nitrogens with zero attached hydrogens (tertiary/aromatic N) is 1. The van der Waals surface area contributed by atoms with Gasteiger partial charge in [0.1, 0.15) is 0 Å². The van der Waals surface area contributed by atoms with Crippen molar-refractivity contribution in [2.24, 2.45) is 11.8 Å². The highest BCUT2D eigenvalue weighted by Crippen LogP contribution is 2.18. The van der Waals surface area contributed by atoms with Crippen molar-refractivity contribution in [1.82, 2.24) is 9.03 Å². The molecule has 1 atom stereocenters. The Morgan fingerprint density at radius 2 is 1.79 bits per heavy atom. The second-order valence-electron chi connectivity index (χ2n) is 5.58. The minimum Gasteiger partial charge on any atom is -0.391 e. The molecule has 1 aliphatic heterocycles. The van der Waals surface area contributed by atoms with E-state index in [1.165, 1.54) is 4.31 Å². The van der Waals surface area contributed by atoms with E-state index in [0.29, 0.717) is 19.0 Å². The lowest BCUT2D eigenvalue weighted by Crippen LogP contribution is -2.47. The smallest absolute Gasteiger partial charge is 0.279 e. The van der Waals surface area contributed by atoms with E-state index < -0.39 is 16.3 Å². The quantitative estimate of drug-likeness (QED) is 0.744. The molecule has 0 spiro atoms. The van der Waals surface area contributed by atoms with E-state index in [1.807, 2.05) is 13.8 Å². The van der Waals surface area contributed by atoms with Crippen molar-refractivity contribution in [2.75, 3.05) is 19.6 Å². The Labute approximate surface area is 117 Å². The zero-order chi connectivity index (χ0) is 14.5. The monoisotopic (exact) mass is 292 g/mol. The van der Waals surface area contributed by atoms with E-state index in [0.717, 1.165) is 25.7 Å². The summed E-state index contributed by atoms with van der Waals surface area (Å²) >= 11 is 0. The molecule has 0 amide bonds. The van der Waals surface area contributed by atoms with Crippen LogP contribution >= 0.6 is 0 Å². The van der Waals surface area contributed by atoms with Gasteiger partial charge in [-0.2, -0.15) is 17.4 Å². The van der Waals surface area contributed by atoms with Gasteiger partial charge in [0, 0.05) is 19.6 Å². The molecule has 0 aromatic heterocycles. The van der Waals surface area contributed by atoms with Crippen LogP contribution in [0.3, 0.4) is 0 Å². The van der Waals surface area contributed by atoms with Gasteiger partial charge in [-0.1, -0.05) is 33.6 Å². The van der Waals surface area contributed by atoms with Gasteiger partial charge in [0.05, 0.1) is 6.10 Å². The van der Waals surface area contributed by atoms with Crippen LogP contribution in [0.1, 0.15) is 46.5 Å². The summed E-state index contributed by atoms with van der Waals surface area (Å²) in [5.41, 5.74) is 0. The summed E-state index contributed by atoms with van der Waals surface area (Å²) in [7, 11) is -3.43. The summed E-state index contributed by atoms with van der Waals surface area (Å²) < 4.78 is 28.2. The number of hydrogen-bond acceptors (Lipinski definition) is 3. The van der Waals surface area contributed by atoms with Crippen LogP contribution in [0, 0.1) is 11.8 Å². The van der Waals surface area contributed by atoms with Gasteiger partial charge in [-0.25, -0.2) is 0 Å². The van der Waals surface area contributed by atoms with Gasteiger partial charge < -0.3 is 5.11 Å². The number of piperidine rings is 1. The van der Waals surface area contributed by atoms with Crippen molar-refractivity contribution in [1.29, 1.82) is 0 Å². The fourth-order valence-corrected chi connectivity index (χ4v) is 3.76. The first-order valence-electron chi connectivity index (χ1n) is 7.33. The van der Waals surface area contributed by atoms with Gasteiger partial charge in [0.15, 0.2) is 0 Å². The molecule has 0 aromatic rings. The molecule has 1 fully saturated rings. The molecule has 0 saturated carbocycles. The van der Waals surface area contributed by atoms with E-state index >= 15 is 0 Å². The van der Waals surface area contributed by atoms with Gasteiger partial charge in [0.2, 0.25) is 0 Å². The predicted molar refractivity (Wildman–Crippen MR) is 77.0 cm³/mol. The topological polar surface area (TPSA) is 69.6 Å². The van der Waals surface area contributed by atoms with Crippen LogP contribution in [0.4, 0.5) is 0 Å². The molecule has 2 N–H and O–H groups in total. The van der Waals surface area contributed by atoms with Crippen molar-refractivity contribution in [3.05, 3.63) is 0 Å². The average Bonchev–Trinajstić information content (AvgIpc) is 2.38. The molecule has 1 unspecified atom stereocenters. The van der Waals surface area contributed by atoms with Crippen molar-refractivity contribution in [3.8, 4) is 0 Å². The molecule has 0 bridgehead atoms. The zero-order valence-electron chi connectivity index (χ0n) is 12.3. The summed E-state index contributed by atoms with van der Waals surface area (Å²) in [6.07, 6.45) is 2.95. The maximum Gasteiger partial charge on any atom is 0.279 e. The third-order valence-electron chi connectivity index (χ3n) is 4.15. The molecule has 1 rings (SSSR count). The Balaban J connectivity index is 2.46. The fourth-order valence-electron chi connectivity index (χ4n) is 2.51.